The van der Waals surface area contributed by atoms with E-state index in [4.69, 9.17) is 11.6 Å². The lowest BCUT2D eigenvalue weighted by atomic mass is 10.1. The fourth-order valence-corrected chi connectivity index (χ4v) is 1.43. The second-order valence-electron chi connectivity index (χ2n) is 2.83. The molecule has 70 valence electrons. The lowest BCUT2D eigenvalue weighted by Crippen LogP contribution is -1.88. The van der Waals surface area contributed by atoms with Gasteiger partial charge in [-0.3, -0.25) is 0 Å². The lowest BCUT2D eigenvalue weighted by Gasteiger charge is -2.02. The van der Waals surface area contributed by atoms with Crippen LogP contribution in [0.3, 0.4) is 0 Å². The maximum absolute atomic E-state index is 12.9. The quantitative estimate of drug-likeness (QED) is 0.652. The van der Waals surface area contributed by atoms with Gasteiger partial charge in [0, 0.05) is 5.56 Å². The van der Waals surface area contributed by atoms with E-state index in [9.17, 15) is 4.39 Å². The van der Waals surface area contributed by atoms with Crippen LogP contribution in [-0.4, -0.2) is 4.98 Å². The molecule has 2 rings (SSSR count). The summed E-state index contributed by atoms with van der Waals surface area (Å²) in [7, 11) is 0. The molecule has 1 aromatic heterocycles. The van der Waals surface area contributed by atoms with Gasteiger partial charge in [0.25, 0.3) is 0 Å². The molecule has 14 heavy (non-hydrogen) atoms. The molecule has 0 bridgehead atoms. The summed E-state index contributed by atoms with van der Waals surface area (Å²) < 4.78 is 12.9. The number of nitrogens with zero attached hydrogens (tertiary/aromatic N) is 1. The van der Waals surface area contributed by atoms with E-state index in [0.717, 1.165) is 5.56 Å². The van der Waals surface area contributed by atoms with Crippen molar-refractivity contribution in [2.24, 2.45) is 0 Å². The van der Waals surface area contributed by atoms with Crippen molar-refractivity contribution < 1.29 is 4.39 Å². The molecule has 0 aliphatic rings. The summed E-state index contributed by atoms with van der Waals surface area (Å²) in [5.74, 6) is -0.520. The van der Waals surface area contributed by atoms with E-state index in [1.165, 1.54) is 12.1 Å². The first kappa shape index (κ1) is 9.16. The van der Waals surface area contributed by atoms with Gasteiger partial charge in [-0.25, -0.2) is 4.98 Å². The lowest BCUT2D eigenvalue weighted by molar-refractivity contribution is 0.585. The predicted molar refractivity (Wildman–Crippen MR) is 54.6 cm³/mol. The van der Waals surface area contributed by atoms with Gasteiger partial charge in [-0.1, -0.05) is 41.9 Å². The molecule has 1 nitrogen and oxygen atoms in total. The third-order valence-electron chi connectivity index (χ3n) is 1.86. The van der Waals surface area contributed by atoms with Crippen LogP contribution in [0.5, 0.6) is 0 Å². The van der Waals surface area contributed by atoms with Crippen molar-refractivity contribution in [1.82, 2.24) is 4.98 Å². The zero-order valence-electron chi connectivity index (χ0n) is 7.24. The zero-order chi connectivity index (χ0) is 9.97. The van der Waals surface area contributed by atoms with Gasteiger partial charge in [0.15, 0.2) is 0 Å². The van der Waals surface area contributed by atoms with Crippen LogP contribution in [0.1, 0.15) is 0 Å². The van der Waals surface area contributed by atoms with Crippen LogP contribution in [0.25, 0.3) is 11.3 Å². The third-order valence-corrected chi connectivity index (χ3v) is 2.16. The molecule has 0 unspecified atom stereocenters. The van der Waals surface area contributed by atoms with Crippen molar-refractivity contribution in [3.8, 4) is 11.3 Å². The highest BCUT2D eigenvalue weighted by Crippen LogP contribution is 2.25. The van der Waals surface area contributed by atoms with E-state index in [-0.39, 0.29) is 0 Å². The van der Waals surface area contributed by atoms with Crippen LogP contribution in [0.4, 0.5) is 4.39 Å². The highest BCUT2D eigenvalue weighted by molar-refractivity contribution is 6.33. The molecule has 1 aromatic carbocycles. The number of rotatable bonds is 1. The predicted octanol–water partition coefficient (Wildman–Crippen LogP) is 3.54. The maximum Gasteiger partial charge on any atom is 0.213 e. The molecular formula is C11H7ClFN. The number of hydrogen-bond acceptors (Lipinski definition) is 1. The van der Waals surface area contributed by atoms with Crippen molar-refractivity contribution >= 4 is 11.6 Å². The van der Waals surface area contributed by atoms with E-state index in [1.807, 2.05) is 30.3 Å². The number of pyridine rings is 1. The fraction of sp³-hybridized carbons (Fsp3) is 0. The molecule has 0 fully saturated rings. The molecule has 0 atom stereocenters. The Morgan fingerprint density at radius 2 is 1.71 bits per heavy atom. The first-order valence-corrected chi connectivity index (χ1v) is 4.52. The molecule has 0 radical (unpaired) electrons. The Labute approximate surface area is 86.2 Å². The molecular weight excluding hydrogens is 201 g/mol. The average molecular weight is 208 g/mol. The summed E-state index contributed by atoms with van der Waals surface area (Å²) in [6.45, 7) is 0. The van der Waals surface area contributed by atoms with Crippen molar-refractivity contribution in [1.29, 1.82) is 0 Å². The second-order valence-corrected chi connectivity index (χ2v) is 3.24. The monoisotopic (exact) mass is 207 g/mol. The Morgan fingerprint density at radius 3 is 2.43 bits per heavy atom. The largest absolute Gasteiger partial charge is 0.218 e. The topological polar surface area (TPSA) is 12.9 Å². The van der Waals surface area contributed by atoms with Crippen molar-refractivity contribution in [3.05, 3.63) is 53.4 Å². The summed E-state index contributed by atoms with van der Waals surface area (Å²) in [6, 6.07) is 12.0. The minimum atomic E-state index is -0.520. The van der Waals surface area contributed by atoms with Crippen molar-refractivity contribution in [2.45, 2.75) is 0 Å². The highest BCUT2D eigenvalue weighted by Gasteiger charge is 2.05. The number of benzene rings is 1. The molecule has 0 aliphatic carbocycles. The Hall–Kier alpha value is -1.41. The summed E-state index contributed by atoms with van der Waals surface area (Å²) in [6.07, 6.45) is 0. The number of aromatic nitrogens is 1. The molecule has 0 saturated carbocycles. The standard InChI is InChI=1S/C11H7ClFN/c12-9-6-7-10(13)14-11(9)8-4-2-1-3-5-8/h1-7H. The van der Waals surface area contributed by atoms with Gasteiger partial charge in [0.2, 0.25) is 5.95 Å². The molecule has 0 N–H and O–H groups in total. The molecule has 1 heterocycles. The fourth-order valence-electron chi connectivity index (χ4n) is 1.22. The first-order chi connectivity index (χ1) is 6.77. The van der Waals surface area contributed by atoms with E-state index in [2.05, 4.69) is 4.98 Å². The van der Waals surface area contributed by atoms with Crippen LogP contribution >= 0.6 is 11.6 Å². The van der Waals surface area contributed by atoms with Crippen LogP contribution in [-0.2, 0) is 0 Å². The van der Waals surface area contributed by atoms with Crippen molar-refractivity contribution in [2.75, 3.05) is 0 Å². The Bertz CT molecular complexity index is 442. The van der Waals surface area contributed by atoms with E-state index < -0.39 is 5.95 Å². The van der Waals surface area contributed by atoms with Gasteiger partial charge in [-0.15, -0.1) is 0 Å². The van der Waals surface area contributed by atoms with Gasteiger partial charge in [-0.05, 0) is 12.1 Å². The number of hydrogen-bond donors (Lipinski definition) is 0. The third kappa shape index (κ3) is 1.75. The molecule has 0 saturated heterocycles. The minimum absolute atomic E-state index is 0.456. The molecule has 2 aromatic rings. The van der Waals surface area contributed by atoms with Gasteiger partial charge in [0.05, 0.1) is 10.7 Å². The normalized spacial score (nSPS) is 10.1. The van der Waals surface area contributed by atoms with Gasteiger partial charge in [-0.2, -0.15) is 4.39 Å². The van der Waals surface area contributed by atoms with Crippen LogP contribution in [0.2, 0.25) is 5.02 Å². The maximum atomic E-state index is 12.9. The summed E-state index contributed by atoms with van der Waals surface area (Å²) in [4.78, 5) is 3.74. The summed E-state index contributed by atoms with van der Waals surface area (Å²) >= 11 is 5.90. The van der Waals surface area contributed by atoms with Crippen LogP contribution in [0, 0.1) is 5.95 Å². The first-order valence-electron chi connectivity index (χ1n) is 4.15. The summed E-state index contributed by atoms with van der Waals surface area (Å²) in [5.41, 5.74) is 1.30. The Balaban J connectivity index is 2.57. The van der Waals surface area contributed by atoms with E-state index in [0.29, 0.717) is 10.7 Å². The zero-order valence-corrected chi connectivity index (χ0v) is 8.00. The molecule has 0 spiro atoms. The van der Waals surface area contributed by atoms with Crippen LogP contribution in [0.15, 0.2) is 42.5 Å². The average Bonchev–Trinajstić information content (AvgIpc) is 2.23. The van der Waals surface area contributed by atoms with Gasteiger partial charge in [0.1, 0.15) is 0 Å². The highest BCUT2D eigenvalue weighted by atomic mass is 35.5. The Morgan fingerprint density at radius 1 is 1.00 bits per heavy atom. The number of halogens is 2. The van der Waals surface area contributed by atoms with Gasteiger partial charge < -0.3 is 0 Å². The molecule has 0 aliphatic heterocycles. The smallest absolute Gasteiger partial charge is 0.213 e. The van der Waals surface area contributed by atoms with Gasteiger partial charge >= 0.3 is 0 Å². The molecule has 0 amide bonds. The second kappa shape index (κ2) is 3.76. The minimum Gasteiger partial charge on any atom is -0.218 e. The van der Waals surface area contributed by atoms with Crippen molar-refractivity contribution in [3.63, 3.8) is 0 Å². The Kier molecular flexibility index (Phi) is 2.46. The van der Waals surface area contributed by atoms with E-state index >= 15 is 0 Å². The van der Waals surface area contributed by atoms with E-state index in [1.54, 1.807) is 0 Å². The summed E-state index contributed by atoms with van der Waals surface area (Å²) in [5, 5.41) is 0.456. The SMILES string of the molecule is Fc1ccc(Cl)c(-c2ccccc2)n1. The van der Waals surface area contributed by atoms with Crippen LogP contribution < -0.4 is 0 Å². The molecule has 3 heteroatoms.